The van der Waals surface area contributed by atoms with Crippen molar-refractivity contribution in [1.82, 2.24) is 9.88 Å². The van der Waals surface area contributed by atoms with Crippen LogP contribution < -0.4 is 5.73 Å². The molecule has 0 aliphatic rings. The molecule has 1 aromatic heterocycles. The van der Waals surface area contributed by atoms with Crippen molar-refractivity contribution in [3.8, 4) is 0 Å². The third kappa shape index (κ3) is 7.01. The molecule has 0 unspecified atom stereocenters. The fourth-order valence-electron chi connectivity index (χ4n) is 2.15. The molecule has 1 aromatic rings. The van der Waals surface area contributed by atoms with E-state index in [9.17, 15) is 0 Å². The Balaban J connectivity index is 2.61. The molecule has 2 N–H and O–H groups in total. The van der Waals surface area contributed by atoms with Gasteiger partial charge in [0.05, 0.1) is 5.69 Å². The molecule has 1 rings (SSSR count). The smallest absolute Gasteiger partial charge is 0.0542 e. The lowest BCUT2D eigenvalue weighted by Crippen LogP contribution is -2.27. The van der Waals surface area contributed by atoms with Crippen molar-refractivity contribution in [2.45, 2.75) is 53.6 Å². The summed E-state index contributed by atoms with van der Waals surface area (Å²) in [7, 11) is 0. The van der Waals surface area contributed by atoms with Crippen LogP contribution in [0.2, 0.25) is 0 Å². The van der Waals surface area contributed by atoms with Gasteiger partial charge in [0.2, 0.25) is 0 Å². The molecule has 20 heavy (non-hydrogen) atoms. The van der Waals surface area contributed by atoms with Gasteiger partial charge in [-0.05, 0) is 55.5 Å². The molecule has 0 amide bonds. The van der Waals surface area contributed by atoms with E-state index >= 15 is 0 Å². The molecule has 3 nitrogen and oxygen atoms in total. The molecule has 3 heteroatoms. The van der Waals surface area contributed by atoms with Gasteiger partial charge in [-0.15, -0.1) is 0 Å². The topological polar surface area (TPSA) is 42.2 Å². The van der Waals surface area contributed by atoms with Crippen molar-refractivity contribution in [3.05, 3.63) is 29.6 Å². The second-order valence-electron chi connectivity index (χ2n) is 6.50. The minimum absolute atomic E-state index is 0.520. The first-order valence-electron chi connectivity index (χ1n) is 7.87. The lowest BCUT2D eigenvalue weighted by molar-refractivity contribution is 0.235. The van der Waals surface area contributed by atoms with Gasteiger partial charge in [0, 0.05) is 19.3 Å². The summed E-state index contributed by atoms with van der Waals surface area (Å²) in [5.74, 6) is 1.52. The van der Waals surface area contributed by atoms with Crippen LogP contribution in [0.1, 0.15) is 51.8 Å². The first kappa shape index (κ1) is 17.1. The van der Waals surface area contributed by atoms with Crippen molar-refractivity contribution >= 4 is 0 Å². The van der Waals surface area contributed by atoms with Gasteiger partial charge in [0.25, 0.3) is 0 Å². The van der Waals surface area contributed by atoms with Crippen LogP contribution in [0, 0.1) is 11.8 Å². The van der Waals surface area contributed by atoms with Gasteiger partial charge in [-0.3, -0.25) is 9.88 Å². The molecule has 0 radical (unpaired) electrons. The number of nitrogens with zero attached hydrogens (tertiary/aromatic N) is 2. The molecule has 0 atom stereocenters. The zero-order valence-electron chi connectivity index (χ0n) is 13.6. The Morgan fingerprint density at radius 3 is 2.20 bits per heavy atom. The number of hydrogen-bond donors (Lipinski definition) is 1. The van der Waals surface area contributed by atoms with Crippen LogP contribution in [-0.4, -0.2) is 23.0 Å². The van der Waals surface area contributed by atoms with E-state index in [1.54, 1.807) is 0 Å². The summed E-state index contributed by atoms with van der Waals surface area (Å²) in [6.45, 7) is 13.0. The van der Waals surface area contributed by atoms with Gasteiger partial charge in [0.15, 0.2) is 0 Å². The van der Waals surface area contributed by atoms with Gasteiger partial charge in [-0.25, -0.2) is 0 Å². The fourth-order valence-corrected chi connectivity index (χ4v) is 2.15. The quantitative estimate of drug-likeness (QED) is 0.752. The normalized spacial score (nSPS) is 11.8. The highest BCUT2D eigenvalue weighted by Crippen LogP contribution is 2.11. The highest BCUT2D eigenvalue weighted by Gasteiger charge is 2.09. The Kier molecular flexibility index (Phi) is 7.78. The Bertz CT molecular complexity index is 362. The molecule has 0 aliphatic carbocycles. The Morgan fingerprint density at radius 1 is 1.10 bits per heavy atom. The number of rotatable bonds is 9. The van der Waals surface area contributed by atoms with Gasteiger partial charge in [0.1, 0.15) is 0 Å². The molecule has 114 valence electrons. The van der Waals surface area contributed by atoms with E-state index < -0.39 is 0 Å². The average molecular weight is 277 g/mol. The molecule has 1 heterocycles. The van der Waals surface area contributed by atoms with E-state index in [1.165, 1.54) is 31.5 Å². The average Bonchev–Trinajstić information content (AvgIpc) is 2.41. The molecule has 0 fully saturated rings. The second-order valence-corrected chi connectivity index (χ2v) is 6.50. The minimum atomic E-state index is 0.520. The maximum Gasteiger partial charge on any atom is 0.0542 e. The first-order valence-corrected chi connectivity index (χ1v) is 7.87. The van der Waals surface area contributed by atoms with Gasteiger partial charge < -0.3 is 5.73 Å². The Hall–Kier alpha value is -0.930. The predicted octanol–water partition coefficient (Wildman–Crippen LogP) is 3.43. The van der Waals surface area contributed by atoms with Crippen molar-refractivity contribution in [2.75, 3.05) is 13.1 Å². The van der Waals surface area contributed by atoms with Crippen molar-refractivity contribution in [3.63, 3.8) is 0 Å². The third-order valence-corrected chi connectivity index (χ3v) is 3.54. The largest absolute Gasteiger partial charge is 0.325 e. The summed E-state index contributed by atoms with van der Waals surface area (Å²) in [4.78, 5) is 6.84. The fraction of sp³-hybridized carbons (Fsp3) is 0.706. The molecule has 0 aromatic carbocycles. The summed E-state index contributed by atoms with van der Waals surface area (Å²) in [6.07, 6.45) is 4.39. The summed E-state index contributed by atoms with van der Waals surface area (Å²) < 4.78 is 0. The highest BCUT2D eigenvalue weighted by atomic mass is 15.1. The van der Waals surface area contributed by atoms with E-state index in [1.807, 2.05) is 6.20 Å². The number of nitrogens with two attached hydrogens (primary N) is 1. The minimum Gasteiger partial charge on any atom is -0.325 e. The molecule has 0 spiro atoms. The van der Waals surface area contributed by atoms with Gasteiger partial charge in [-0.1, -0.05) is 27.7 Å². The lowest BCUT2D eigenvalue weighted by Gasteiger charge is -2.24. The Labute approximate surface area is 124 Å². The van der Waals surface area contributed by atoms with E-state index in [2.05, 4.69) is 49.7 Å². The zero-order valence-corrected chi connectivity index (χ0v) is 13.6. The SMILES string of the molecule is CC(C)CCN(CCC(C)C)Cc1ccnc(CN)c1. The predicted molar refractivity (Wildman–Crippen MR) is 86.3 cm³/mol. The van der Waals surface area contributed by atoms with E-state index in [4.69, 9.17) is 5.73 Å². The van der Waals surface area contributed by atoms with Crippen LogP contribution in [0.3, 0.4) is 0 Å². The Morgan fingerprint density at radius 2 is 1.70 bits per heavy atom. The van der Waals surface area contributed by atoms with Crippen molar-refractivity contribution in [1.29, 1.82) is 0 Å². The highest BCUT2D eigenvalue weighted by molar-refractivity contribution is 5.16. The summed E-state index contributed by atoms with van der Waals surface area (Å²) >= 11 is 0. The second kappa shape index (κ2) is 9.09. The van der Waals surface area contributed by atoms with E-state index in [-0.39, 0.29) is 0 Å². The zero-order chi connectivity index (χ0) is 15.0. The maximum atomic E-state index is 5.67. The van der Waals surface area contributed by atoms with E-state index in [0.717, 1.165) is 24.1 Å². The van der Waals surface area contributed by atoms with Crippen LogP contribution in [0.15, 0.2) is 18.3 Å². The van der Waals surface area contributed by atoms with Gasteiger partial charge in [-0.2, -0.15) is 0 Å². The van der Waals surface area contributed by atoms with Crippen LogP contribution >= 0.6 is 0 Å². The first-order chi connectivity index (χ1) is 9.51. The summed E-state index contributed by atoms with van der Waals surface area (Å²) in [5, 5.41) is 0. The van der Waals surface area contributed by atoms with Crippen molar-refractivity contribution in [2.24, 2.45) is 17.6 Å². The molecular weight excluding hydrogens is 246 g/mol. The van der Waals surface area contributed by atoms with Crippen LogP contribution in [-0.2, 0) is 13.1 Å². The molecule has 0 saturated heterocycles. The number of aromatic nitrogens is 1. The third-order valence-electron chi connectivity index (χ3n) is 3.54. The van der Waals surface area contributed by atoms with Gasteiger partial charge >= 0.3 is 0 Å². The number of pyridine rings is 1. The molecule has 0 saturated carbocycles. The standard InChI is InChI=1S/C17H31N3/c1-14(2)6-9-20(10-7-15(3)4)13-16-5-8-19-17(11-16)12-18/h5,8,11,14-15H,6-7,9-10,12-13,18H2,1-4H3. The molecule has 0 aliphatic heterocycles. The van der Waals surface area contributed by atoms with Crippen LogP contribution in [0.4, 0.5) is 0 Å². The van der Waals surface area contributed by atoms with E-state index in [0.29, 0.717) is 6.54 Å². The monoisotopic (exact) mass is 277 g/mol. The van der Waals surface area contributed by atoms with Crippen LogP contribution in [0.5, 0.6) is 0 Å². The van der Waals surface area contributed by atoms with Crippen molar-refractivity contribution < 1.29 is 0 Å². The number of hydrogen-bond acceptors (Lipinski definition) is 3. The maximum absolute atomic E-state index is 5.67. The molecular formula is C17H31N3. The van der Waals surface area contributed by atoms with Crippen LogP contribution in [0.25, 0.3) is 0 Å². The molecule has 0 bridgehead atoms. The summed E-state index contributed by atoms with van der Waals surface area (Å²) in [6, 6.07) is 4.24. The summed E-state index contributed by atoms with van der Waals surface area (Å²) in [5.41, 5.74) is 7.98. The lowest BCUT2D eigenvalue weighted by atomic mass is 10.1.